The first-order valence-electron chi connectivity index (χ1n) is 7.78. The highest BCUT2D eigenvalue weighted by atomic mass is 16.5. The van der Waals surface area contributed by atoms with Crippen molar-refractivity contribution in [2.24, 2.45) is 0 Å². The van der Waals surface area contributed by atoms with Gasteiger partial charge in [-0.25, -0.2) is 0 Å². The molecule has 1 unspecified atom stereocenters. The van der Waals surface area contributed by atoms with E-state index in [-0.39, 0.29) is 12.1 Å². The number of benzene rings is 1. The van der Waals surface area contributed by atoms with E-state index in [0.717, 1.165) is 44.4 Å². The molecule has 0 aliphatic heterocycles. The van der Waals surface area contributed by atoms with Crippen LogP contribution in [-0.4, -0.2) is 31.5 Å². The van der Waals surface area contributed by atoms with Gasteiger partial charge in [0.25, 0.3) is 0 Å². The fourth-order valence-corrected chi connectivity index (χ4v) is 2.28. The molecule has 1 aromatic carbocycles. The SMILES string of the molecule is CCCCOCCC(CO)(NCCC)c1ccccc1. The first-order valence-corrected chi connectivity index (χ1v) is 7.78. The first-order chi connectivity index (χ1) is 9.79. The molecule has 2 N–H and O–H groups in total. The molecule has 0 aliphatic rings. The molecule has 0 aromatic heterocycles. The quantitative estimate of drug-likeness (QED) is 0.612. The lowest BCUT2D eigenvalue weighted by molar-refractivity contribution is 0.0774. The van der Waals surface area contributed by atoms with Crippen LogP contribution in [0.3, 0.4) is 0 Å². The van der Waals surface area contributed by atoms with Crippen molar-refractivity contribution >= 4 is 0 Å². The molecule has 20 heavy (non-hydrogen) atoms. The van der Waals surface area contributed by atoms with Crippen LogP contribution in [0, 0.1) is 0 Å². The van der Waals surface area contributed by atoms with Gasteiger partial charge in [0.1, 0.15) is 0 Å². The minimum absolute atomic E-state index is 0.0914. The molecular formula is C17H29NO2. The van der Waals surface area contributed by atoms with E-state index in [1.807, 2.05) is 18.2 Å². The molecule has 0 radical (unpaired) electrons. The zero-order valence-electron chi connectivity index (χ0n) is 12.9. The van der Waals surface area contributed by atoms with E-state index in [0.29, 0.717) is 6.61 Å². The predicted octanol–water partition coefficient (Wildman–Crippen LogP) is 3.08. The molecule has 0 spiro atoms. The van der Waals surface area contributed by atoms with Gasteiger partial charge in [0.2, 0.25) is 0 Å². The lowest BCUT2D eigenvalue weighted by atomic mass is 9.87. The fraction of sp³-hybridized carbons (Fsp3) is 0.647. The van der Waals surface area contributed by atoms with Crippen molar-refractivity contribution in [3.05, 3.63) is 35.9 Å². The van der Waals surface area contributed by atoms with Crippen LogP contribution >= 0.6 is 0 Å². The molecule has 0 saturated heterocycles. The highest BCUT2D eigenvalue weighted by molar-refractivity contribution is 5.24. The summed E-state index contributed by atoms with van der Waals surface area (Å²) in [6.07, 6.45) is 4.08. The number of rotatable bonds is 11. The van der Waals surface area contributed by atoms with E-state index >= 15 is 0 Å². The maximum absolute atomic E-state index is 9.94. The standard InChI is InChI=1S/C17H29NO2/c1-3-5-13-20-14-11-17(15-19,18-12-4-2)16-9-7-6-8-10-16/h6-10,18-19H,3-5,11-15H2,1-2H3. The molecule has 0 heterocycles. The van der Waals surface area contributed by atoms with Crippen LogP contribution in [0.15, 0.2) is 30.3 Å². The van der Waals surface area contributed by atoms with Gasteiger partial charge in [-0.3, -0.25) is 0 Å². The van der Waals surface area contributed by atoms with E-state index in [1.54, 1.807) is 0 Å². The van der Waals surface area contributed by atoms with E-state index in [9.17, 15) is 5.11 Å². The monoisotopic (exact) mass is 279 g/mol. The van der Waals surface area contributed by atoms with Gasteiger partial charge in [0.15, 0.2) is 0 Å². The Morgan fingerprint density at radius 1 is 1.10 bits per heavy atom. The fourth-order valence-electron chi connectivity index (χ4n) is 2.28. The summed E-state index contributed by atoms with van der Waals surface area (Å²) in [5, 5.41) is 13.5. The van der Waals surface area contributed by atoms with Crippen LogP contribution in [0.5, 0.6) is 0 Å². The summed E-state index contributed by atoms with van der Waals surface area (Å²) in [5.74, 6) is 0. The summed E-state index contributed by atoms with van der Waals surface area (Å²) in [5.41, 5.74) is 0.749. The largest absolute Gasteiger partial charge is 0.394 e. The van der Waals surface area contributed by atoms with Crippen molar-refractivity contribution in [1.82, 2.24) is 5.32 Å². The number of aliphatic hydroxyl groups is 1. The van der Waals surface area contributed by atoms with Crippen molar-refractivity contribution in [3.8, 4) is 0 Å². The summed E-state index contributed by atoms with van der Waals surface area (Å²) < 4.78 is 5.68. The number of hydrogen-bond donors (Lipinski definition) is 2. The summed E-state index contributed by atoms with van der Waals surface area (Å²) >= 11 is 0. The van der Waals surface area contributed by atoms with Crippen molar-refractivity contribution in [3.63, 3.8) is 0 Å². The number of nitrogens with one attached hydrogen (secondary N) is 1. The van der Waals surface area contributed by atoms with E-state index in [2.05, 4.69) is 31.3 Å². The third-order valence-electron chi connectivity index (χ3n) is 3.63. The predicted molar refractivity (Wildman–Crippen MR) is 83.8 cm³/mol. The van der Waals surface area contributed by atoms with Gasteiger partial charge in [-0.05, 0) is 31.4 Å². The zero-order chi connectivity index (χ0) is 14.7. The lowest BCUT2D eigenvalue weighted by Gasteiger charge is -2.34. The van der Waals surface area contributed by atoms with Crippen LogP contribution in [0.4, 0.5) is 0 Å². The molecule has 0 amide bonds. The second-order valence-electron chi connectivity index (χ2n) is 5.25. The molecular weight excluding hydrogens is 250 g/mol. The maximum atomic E-state index is 9.94. The van der Waals surface area contributed by atoms with Crippen molar-refractivity contribution in [2.45, 2.75) is 45.1 Å². The average Bonchev–Trinajstić information content (AvgIpc) is 2.51. The summed E-state index contributed by atoms with van der Waals surface area (Å²) in [4.78, 5) is 0. The Hall–Kier alpha value is -0.900. The highest BCUT2D eigenvalue weighted by Gasteiger charge is 2.30. The Kier molecular flexibility index (Phi) is 8.51. The topological polar surface area (TPSA) is 41.5 Å². The molecule has 0 bridgehead atoms. The molecule has 1 rings (SSSR count). The number of aliphatic hydroxyl groups excluding tert-OH is 1. The maximum Gasteiger partial charge on any atom is 0.0691 e. The minimum Gasteiger partial charge on any atom is -0.394 e. The van der Waals surface area contributed by atoms with Crippen LogP contribution < -0.4 is 5.32 Å². The third kappa shape index (κ3) is 5.23. The smallest absolute Gasteiger partial charge is 0.0691 e. The van der Waals surface area contributed by atoms with Crippen molar-refractivity contribution in [1.29, 1.82) is 0 Å². The van der Waals surface area contributed by atoms with E-state index < -0.39 is 0 Å². The Morgan fingerprint density at radius 2 is 1.85 bits per heavy atom. The minimum atomic E-state index is -0.385. The molecule has 3 heteroatoms. The average molecular weight is 279 g/mol. The van der Waals surface area contributed by atoms with E-state index in [4.69, 9.17) is 4.74 Å². The normalized spacial score (nSPS) is 14.2. The second kappa shape index (κ2) is 9.92. The Bertz CT molecular complexity index is 342. The van der Waals surface area contributed by atoms with Crippen LogP contribution in [-0.2, 0) is 10.3 Å². The second-order valence-corrected chi connectivity index (χ2v) is 5.25. The van der Waals surface area contributed by atoms with Crippen LogP contribution in [0.2, 0.25) is 0 Å². The summed E-state index contributed by atoms with van der Waals surface area (Å²) in [6, 6.07) is 10.2. The molecule has 0 fully saturated rings. The van der Waals surface area contributed by atoms with Gasteiger partial charge >= 0.3 is 0 Å². The summed E-state index contributed by atoms with van der Waals surface area (Å²) in [6.45, 7) is 6.76. The molecule has 1 atom stereocenters. The van der Waals surface area contributed by atoms with Crippen molar-refractivity contribution in [2.75, 3.05) is 26.4 Å². The molecule has 3 nitrogen and oxygen atoms in total. The third-order valence-corrected chi connectivity index (χ3v) is 3.63. The Labute approximate surface area is 123 Å². The lowest BCUT2D eigenvalue weighted by Crippen LogP contribution is -2.47. The van der Waals surface area contributed by atoms with Crippen molar-refractivity contribution < 1.29 is 9.84 Å². The van der Waals surface area contributed by atoms with Gasteiger partial charge in [-0.2, -0.15) is 0 Å². The molecule has 0 aliphatic carbocycles. The zero-order valence-corrected chi connectivity index (χ0v) is 12.9. The molecule has 0 saturated carbocycles. The molecule has 1 aromatic rings. The number of ether oxygens (including phenoxy) is 1. The van der Waals surface area contributed by atoms with Crippen LogP contribution in [0.1, 0.15) is 45.1 Å². The summed E-state index contributed by atoms with van der Waals surface area (Å²) in [7, 11) is 0. The molecule has 114 valence electrons. The number of unbranched alkanes of at least 4 members (excludes halogenated alkanes) is 1. The Balaban J connectivity index is 2.67. The van der Waals surface area contributed by atoms with Crippen LogP contribution in [0.25, 0.3) is 0 Å². The van der Waals surface area contributed by atoms with E-state index in [1.165, 1.54) is 0 Å². The van der Waals surface area contributed by atoms with Gasteiger partial charge in [-0.1, -0.05) is 50.6 Å². The number of hydrogen-bond acceptors (Lipinski definition) is 3. The van der Waals surface area contributed by atoms with Gasteiger partial charge in [0, 0.05) is 13.2 Å². The Morgan fingerprint density at radius 3 is 2.45 bits per heavy atom. The first kappa shape index (κ1) is 17.2. The van der Waals surface area contributed by atoms with Gasteiger partial charge in [0.05, 0.1) is 12.1 Å². The highest BCUT2D eigenvalue weighted by Crippen LogP contribution is 2.25. The van der Waals surface area contributed by atoms with Gasteiger partial charge in [-0.15, -0.1) is 0 Å². The van der Waals surface area contributed by atoms with Gasteiger partial charge < -0.3 is 15.2 Å².